The Morgan fingerprint density at radius 3 is 2.53 bits per heavy atom. The van der Waals surface area contributed by atoms with Crippen LogP contribution in [0.15, 0.2) is 29.1 Å². The molecular formula is C9H6BrF3N4. The van der Waals surface area contributed by atoms with E-state index in [0.717, 1.165) is 12.3 Å². The molecule has 0 aromatic carbocycles. The van der Waals surface area contributed by atoms with Gasteiger partial charge in [0.25, 0.3) is 0 Å². The average molecular weight is 307 g/mol. The first-order valence-corrected chi connectivity index (χ1v) is 5.20. The van der Waals surface area contributed by atoms with Crippen molar-refractivity contribution >= 4 is 21.6 Å². The van der Waals surface area contributed by atoms with Gasteiger partial charge in [-0.2, -0.15) is 18.3 Å². The molecule has 90 valence electrons. The van der Waals surface area contributed by atoms with Crippen LogP contribution in [0.3, 0.4) is 0 Å². The van der Waals surface area contributed by atoms with Crippen molar-refractivity contribution in [1.29, 1.82) is 0 Å². The summed E-state index contributed by atoms with van der Waals surface area (Å²) in [6, 6.07) is 0.856. The van der Waals surface area contributed by atoms with Gasteiger partial charge in [-0.15, -0.1) is 0 Å². The number of hydrogen-bond acceptors (Lipinski definition) is 3. The molecule has 2 rings (SSSR count). The summed E-state index contributed by atoms with van der Waals surface area (Å²) in [5, 5.41) is 3.86. The zero-order valence-corrected chi connectivity index (χ0v) is 9.83. The average Bonchev–Trinajstić information content (AvgIpc) is 2.63. The Kier molecular flexibility index (Phi) is 2.82. The van der Waals surface area contributed by atoms with Gasteiger partial charge in [-0.25, -0.2) is 9.67 Å². The fourth-order valence-corrected chi connectivity index (χ4v) is 1.53. The lowest BCUT2D eigenvalue weighted by molar-refractivity contribution is -0.141. The number of halogens is 4. The summed E-state index contributed by atoms with van der Waals surface area (Å²) in [4.78, 5) is 3.24. The normalized spacial score (nSPS) is 11.8. The maximum atomic E-state index is 12.5. The lowest BCUT2D eigenvalue weighted by Crippen LogP contribution is -2.11. The first-order chi connectivity index (χ1) is 7.88. The molecule has 0 aliphatic heterocycles. The van der Waals surface area contributed by atoms with E-state index in [1.54, 1.807) is 0 Å². The zero-order chi connectivity index (χ0) is 12.6. The molecule has 0 radical (unpaired) electrons. The monoisotopic (exact) mass is 306 g/mol. The van der Waals surface area contributed by atoms with E-state index in [4.69, 9.17) is 5.73 Å². The summed E-state index contributed by atoms with van der Waals surface area (Å²) in [6.07, 6.45) is -0.584. The van der Waals surface area contributed by atoms with Crippen molar-refractivity contribution in [3.05, 3.63) is 34.8 Å². The summed E-state index contributed by atoms with van der Waals surface area (Å²) in [5.41, 5.74) is 4.82. The summed E-state index contributed by atoms with van der Waals surface area (Å²) in [5.74, 6) is 0. The molecule has 0 unspecified atom stereocenters. The van der Waals surface area contributed by atoms with Crippen LogP contribution in [0.25, 0.3) is 5.69 Å². The molecule has 2 aromatic heterocycles. The quantitative estimate of drug-likeness (QED) is 0.881. The van der Waals surface area contributed by atoms with Crippen molar-refractivity contribution in [2.45, 2.75) is 6.18 Å². The Morgan fingerprint density at radius 2 is 2.00 bits per heavy atom. The minimum absolute atomic E-state index is 0.119. The third-order valence-corrected chi connectivity index (χ3v) is 2.41. The summed E-state index contributed by atoms with van der Waals surface area (Å²) < 4.78 is 39.3. The lowest BCUT2D eigenvalue weighted by atomic mass is 10.3. The van der Waals surface area contributed by atoms with Crippen molar-refractivity contribution in [2.75, 3.05) is 5.73 Å². The smallest absolute Gasteiger partial charge is 0.396 e. The largest absolute Gasteiger partial charge is 0.433 e. The summed E-state index contributed by atoms with van der Waals surface area (Å²) in [7, 11) is 0. The molecule has 2 aromatic rings. The molecule has 2 N–H and O–H groups in total. The van der Waals surface area contributed by atoms with E-state index in [0.29, 0.717) is 4.47 Å². The van der Waals surface area contributed by atoms with Gasteiger partial charge in [0.05, 0.1) is 28.2 Å². The fraction of sp³-hybridized carbons (Fsp3) is 0.111. The molecule has 0 saturated carbocycles. The number of nitrogens with two attached hydrogens (primary N) is 1. The van der Waals surface area contributed by atoms with E-state index >= 15 is 0 Å². The second kappa shape index (κ2) is 4.02. The standard InChI is InChI=1S/C9H6BrF3N4/c10-5-2-16-17(4-5)7-1-8(9(11,12)13)15-3-6(7)14/h1-4H,14H2. The Bertz CT molecular complexity index is 549. The SMILES string of the molecule is Nc1cnc(C(F)(F)F)cc1-n1cc(Br)cn1. The molecular weight excluding hydrogens is 301 g/mol. The van der Waals surface area contributed by atoms with Crippen LogP contribution in [0.2, 0.25) is 0 Å². The minimum atomic E-state index is -4.51. The van der Waals surface area contributed by atoms with E-state index in [1.165, 1.54) is 17.1 Å². The highest BCUT2D eigenvalue weighted by Crippen LogP contribution is 2.30. The number of aromatic nitrogens is 3. The molecule has 4 nitrogen and oxygen atoms in total. The van der Waals surface area contributed by atoms with E-state index in [1.807, 2.05) is 0 Å². The first kappa shape index (κ1) is 11.9. The van der Waals surface area contributed by atoms with Crippen LogP contribution in [0.5, 0.6) is 0 Å². The molecule has 0 saturated heterocycles. The molecule has 0 atom stereocenters. The minimum Gasteiger partial charge on any atom is -0.396 e. The fourth-order valence-electron chi connectivity index (χ4n) is 1.24. The van der Waals surface area contributed by atoms with Crippen LogP contribution in [0.1, 0.15) is 5.69 Å². The van der Waals surface area contributed by atoms with Gasteiger partial charge in [-0.05, 0) is 22.0 Å². The van der Waals surface area contributed by atoms with Gasteiger partial charge in [-0.1, -0.05) is 0 Å². The number of nitrogen functional groups attached to an aromatic ring is 1. The zero-order valence-electron chi connectivity index (χ0n) is 8.24. The van der Waals surface area contributed by atoms with Crippen LogP contribution in [-0.4, -0.2) is 14.8 Å². The van der Waals surface area contributed by atoms with E-state index in [2.05, 4.69) is 26.0 Å². The first-order valence-electron chi connectivity index (χ1n) is 4.41. The Labute approximate surface area is 102 Å². The van der Waals surface area contributed by atoms with Gasteiger partial charge in [0.1, 0.15) is 5.69 Å². The van der Waals surface area contributed by atoms with Crippen LogP contribution in [0, 0.1) is 0 Å². The van der Waals surface area contributed by atoms with E-state index in [-0.39, 0.29) is 11.4 Å². The van der Waals surface area contributed by atoms with Crippen molar-refractivity contribution in [3.8, 4) is 5.69 Å². The van der Waals surface area contributed by atoms with Crippen molar-refractivity contribution in [2.24, 2.45) is 0 Å². The molecule has 0 aliphatic carbocycles. The second-order valence-corrected chi connectivity index (χ2v) is 4.14. The Morgan fingerprint density at radius 1 is 1.29 bits per heavy atom. The van der Waals surface area contributed by atoms with Crippen LogP contribution in [-0.2, 0) is 6.18 Å². The molecule has 0 aliphatic rings. The number of rotatable bonds is 1. The van der Waals surface area contributed by atoms with Gasteiger partial charge in [0, 0.05) is 6.20 Å². The maximum absolute atomic E-state index is 12.5. The van der Waals surface area contributed by atoms with Gasteiger partial charge >= 0.3 is 6.18 Å². The summed E-state index contributed by atoms with van der Waals surface area (Å²) in [6.45, 7) is 0. The number of hydrogen-bond donors (Lipinski definition) is 1. The lowest BCUT2D eigenvalue weighted by Gasteiger charge is -2.09. The van der Waals surface area contributed by atoms with Crippen molar-refractivity contribution < 1.29 is 13.2 Å². The number of alkyl halides is 3. The molecule has 0 amide bonds. The maximum Gasteiger partial charge on any atom is 0.433 e. The number of pyridine rings is 1. The predicted molar refractivity (Wildman–Crippen MR) is 58.5 cm³/mol. The van der Waals surface area contributed by atoms with Crippen molar-refractivity contribution in [3.63, 3.8) is 0 Å². The molecule has 0 spiro atoms. The van der Waals surface area contributed by atoms with Gasteiger partial charge in [0.2, 0.25) is 0 Å². The Balaban J connectivity index is 2.54. The topological polar surface area (TPSA) is 56.7 Å². The summed E-state index contributed by atoms with van der Waals surface area (Å²) >= 11 is 3.15. The van der Waals surface area contributed by atoms with Crippen LogP contribution in [0.4, 0.5) is 18.9 Å². The highest BCUT2D eigenvalue weighted by atomic mass is 79.9. The highest BCUT2D eigenvalue weighted by Gasteiger charge is 2.33. The van der Waals surface area contributed by atoms with E-state index in [9.17, 15) is 13.2 Å². The highest BCUT2D eigenvalue weighted by molar-refractivity contribution is 9.10. The van der Waals surface area contributed by atoms with Gasteiger partial charge in [0.15, 0.2) is 0 Å². The molecule has 17 heavy (non-hydrogen) atoms. The second-order valence-electron chi connectivity index (χ2n) is 3.23. The third-order valence-electron chi connectivity index (χ3n) is 2.00. The number of anilines is 1. The molecule has 2 heterocycles. The van der Waals surface area contributed by atoms with Crippen LogP contribution < -0.4 is 5.73 Å². The van der Waals surface area contributed by atoms with Crippen LogP contribution >= 0.6 is 15.9 Å². The van der Waals surface area contributed by atoms with Crippen molar-refractivity contribution in [1.82, 2.24) is 14.8 Å². The van der Waals surface area contributed by atoms with Gasteiger partial charge in [-0.3, -0.25) is 0 Å². The van der Waals surface area contributed by atoms with Gasteiger partial charge < -0.3 is 5.73 Å². The third kappa shape index (κ3) is 2.41. The van der Waals surface area contributed by atoms with E-state index < -0.39 is 11.9 Å². The molecule has 0 fully saturated rings. The predicted octanol–water partition coefficient (Wildman–Crippen LogP) is 2.63. The molecule has 0 bridgehead atoms. The number of nitrogens with zero attached hydrogens (tertiary/aromatic N) is 3. The molecule has 8 heteroatoms. The Hall–Kier alpha value is -1.57.